The molecule has 8 heteroatoms. The Morgan fingerprint density at radius 3 is 1.21 bits per heavy atom. The van der Waals surface area contributed by atoms with E-state index in [1.54, 1.807) is 21.3 Å². The smallest absolute Gasteiger partial charge is 0.377 e. The highest BCUT2D eigenvalue weighted by Gasteiger charge is 2.39. The van der Waals surface area contributed by atoms with Crippen LogP contribution in [0.25, 0.3) is 0 Å². The second-order valence-electron chi connectivity index (χ2n) is 5.13. The van der Waals surface area contributed by atoms with Crippen LogP contribution in [0.2, 0.25) is 12.1 Å². The fourth-order valence-corrected chi connectivity index (χ4v) is 6.77. The zero-order valence-electron chi connectivity index (χ0n) is 17.1. The highest BCUT2D eigenvalue weighted by molar-refractivity contribution is 6.61. The van der Waals surface area contributed by atoms with Gasteiger partial charge < -0.3 is 26.6 Å². The van der Waals surface area contributed by atoms with E-state index in [1.807, 2.05) is 20.8 Å². The van der Waals surface area contributed by atoms with Gasteiger partial charge in [-0.15, -0.1) is 0 Å². The molecule has 0 aromatic carbocycles. The van der Waals surface area contributed by atoms with Crippen LogP contribution < -0.4 is 0 Å². The summed E-state index contributed by atoms with van der Waals surface area (Å²) in [5, 5.41) is 0. The number of unbranched alkanes of at least 4 members (excludes halogenated alkanes) is 1. The van der Waals surface area contributed by atoms with Crippen molar-refractivity contribution in [3.05, 3.63) is 0 Å². The van der Waals surface area contributed by atoms with Crippen molar-refractivity contribution in [2.75, 3.05) is 41.2 Å². The van der Waals surface area contributed by atoms with Gasteiger partial charge in [0, 0.05) is 53.2 Å². The molecule has 0 aliphatic heterocycles. The van der Waals surface area contributed by atoms with Crippen LogP contribution in [0.1, 0.15) is 53.9 Å². The van der Waals surface area contributed by atoms with Gasteiger partial charge in [0.2, 0.25) is 0 Å². The number of hydrogen-bond acceptors (Lipinski definition) is 6. The van der Waals surface area contributed by atoms with Gasteiger partial charge in [-0.2, -0.15) is 0 Å². The van der Waals surface area contributed by atoms with Crippen molar-refractivity contribution in [1.29, 1.82) is 0 Å². The lowest BCUT2D eigenvalue weighted by atomic mass is 10.4. The summed E-state index contributed by atoms with van der Waals surface area (Å²) in [7, 11) is 0.409. The van der Waals surface area contributed by atoms with Crippen LogP contribution in [0.3, 0.4) is 0 Å². The van der Waals surface area contributed by atoms with Crippen LogP contribution >= 0.6 is 0 Å². The standard InChI is InChI=1S/C9H22O3Si.C7H18O3Si/c1-5-9-13(10-6-2,11-7-3)12-8-4;1-5-6-7-11(8-2,9-3)10-4/h5-9H2,1-4H3;5-7H2,1-4H3. The monoisotopic (exact) mass is 384 g/mol. The molecule has 0 saturated heterocycles. The van der Waals surface area contributed by atoms with E-state index in [0.717, 1.165) is 31.4 Å². The van der Waals surface area contributed by atoms with Gasteiger partial charge in [-0.05, 0) is 27.2 Å². The lowest BCUT2D eigenvalue weighted by Gasteiger charge is -2.27. The maximum absolute atomic E-state index is 5.65. The first-order valence-corrected chi connectivity index (χ1v) is 12.9. The zero-order chi connectivity index (χ0) is 18.9. The molecule has 6 nitrogen and oxygen atoms in total. The minimum absolute atomic E-state index is 0.673. The van der Waals surface area contributed by atoms with Gasteiger partial charge in [-0.3, -0.25) is 0 Å². The molecule has 24 heavy (non-hydrogen) atoms. The van der Waals surface area contributed by atoms with Gasteiger partial charge >= 0.3 is 17.6 Å². The summed E-state index contributed by atoms with van der Waals surface area (Å²) in [6, 6.07) is 1.83. The third-order valence-electron chi connectivity index (χ3n) is 3.42. The first-order valence-electron chi connectivity index (χ1n) is 9.06. The van der Waals surface area contributed by atoms with E-state index in [4.69, 9.17) is 26.6 Å². The van der Waals surface area contributed by atoms with Crippen LogP contribution in [0.4, 0.5) is 0 Å². The van der Waals surface area contributed by atoms with E-state index in [1.165, 1.54) is 0 Å². The highest BCUT2D eigenvalue weighted by atomic mass is 28.4. The maximum Gasteiger partial charge on any atom is 0.500 e. The second kappa shape index (κ2) is 16.7. The second-order valence-corrected chi connectivity index (χ2v) is 11.0. The summed E-state index contributed by atoms with van der Waals surface area (Å²) < 4.78 is 32.6. The Morgan fingerprint density at radius 1 is 0.542 bits per heavy atom. The van der Waals surface area contributed by atoms with E-state index >= 15 is 0 Å². The highest BCUT2D eigenvalue weighted by Crippen LogP contribution is 2.17. The average Bonchev–Trinajstić information content (AvgIpc) is 2.58. The lowest BCUT2D eigenvalue weighted by molar-refractivity contribution is 0.0711. The fourth-order valence-electron chi connectivity index (χ4n) is 2.26. The molecule has 0 N–H and O–H groups in total. The molecule has 0 aromatic rings. The third kappa shape index (κ3) is 10.9. The minimum atomic E-state index is -2.30. The fraction of sp³-hybridized carbons (Fsp3) is 1.00. The molecule has 0 bridgehead atoms. The Labute approximate surface area is 151 Å². The molecule has 0 heterocycles. The van der Waals surface area contributed by atoms with Gasteiger partial charge in [-0.25, -0.2) is 0 Å². The Kier molecular flexibility index (Phi) is 18.3. The Morgan fingerprint density at radius 2 is 0.958 bits per heavy atom. The normalized spacial score (nSPS) is 12.0. The zero-order valence-corrected chi connectivity index (χ0v) is 19.1. The van der Waals surface area contributed by atoms with Gasteiger partial charge in [-0.1, -0.05) is 26.7 Å². The summed E-state index contributed by atoms with van der Waals surface area (Å²) in [5.74, 6) is 0. The van der Waals surface area contributed by atoms with E-state index in [-0.39, 0.29) is 0 Å². The largest absolute Gasteiger partial charge is 0.500 e. The van der Waals surface area contributed by atoms with Crippen molar-refractivity contribution in [1.82, 2.24) is 0 Å². The van der Waals surface area contributed by atoms with Crippen LogP contribution in [-0.4, -0.2) is 58.8 Å². The van der Waals surface area contributed by atoms with Crippen LogP contribution in [-0.2, 0) is 26.6 Å². The van der Waals surface area contributed by atoms with Gasteiger partial charge in [0.25, 0.3) is 0 Å². The minimum Gasteiger partial charge on any atom is -0.377 e. The van der Waals surface area contributed by atoms with Gasteiger partial charge in [0.1, 0.15) is 0 Å². The molecule has 0 fully saturated rings. The third-order valence-corrected chi connectivity index (χ3v) is 9.55. The van der Waals surface area contributed by atoms with E-state index in [0.29, 0.717) is 19.8 Å². The maximum atomic E-state index is 5.65. The topological polar surface area (TPSA) is 55.4 Å². The molecule has 0 aromatic heterocycles. The van der Waals surface area contributed by atoms with Crippen molar-refractivity contribution in [3.63, 3.8) is 0 Å². The van der Waals surface area contributed by atoms with E-state index in [9.17, 15) is 0 Å². The van der Waals surface area contributed by atoms with Crippen LogP contribution in [0.15, 0.2) is 0 Å². The molecule has 0 amide bonds. The van der Waals surface area contributed by atoms with Crippen molar-refractivity contribution in [2.45, 2.75) is 66.0 Å². The average molecular weight is 385 g/mol. The van der Waals surface area contributed by atoms with Crippen molar-refractivity contribution < 1.29 is 26.6 Å². The Bertz CT molecular complexity index is 227. The van der Waals surface area contributed by atoms with E-state index in [2.05, 4.69) is 13.8 Å². The molecule has 0 radical (unpaired) electrons. The van der Waals surface area contributed by atoms with Crippen LogP contribution in [0.5, 0.6) is 0 Å². The molecule has 0 atom stereocenters. The molecule has 148 valence electrons. The summed E-state index contributed by atoms with van der Waals surface area (Å²) in [4.78, 5) is 0. The van der Waals surface area contributed by atoms with Crippen LogP contribution in [0, 0.1) is 0 Å². The Hall–Kier alpha value is 0.194. The molecule has 0 unspecified atom stereocenters. The molecule has 0 saturated carbocycles. The predicted molar refractivity (Wildman–Crippen MR) is 102 cm³/mol. The summed E-state index contributed by atoms with van der Waals surface area (Å²) in [6.07, 6.45) is 3.29. The van der Waals surface area contributed by atoms with Crippen molar-refractivity contribution >= 4 is 17.6 Å². The number of hydrogen-bond donors (Lipinski definition) is 0. The summed E-state index contributed by atoms with van der Waals surface area (Å²) in [6.45, 7) is 12.2. The molecule has 0 aliphatic carbocycles. The summed E-state index contributed by atoms with van der Waals surface area (Å²) >= 11 is 0. The number of rotatable bonds is 14. The summed E-state index contributed by atoms with van der Waals surface area (Å²) in [5.41, 5.74) is 0. The van der Waals surface area contributed by atoms with Crippen molar-refractivity contribution in [2.24, 2.45) is 0 Å². The molecular formula is C16H40O6Si2. The first-order chi connectivity index (χ1) is 11.5. The van der Waals surface area contributed by atoms with Gasteiger partial charge in [0.05, 0.1) is 0 Å². The lowest BCUT2D eigenvalue weighted by Crippen LogP contribution is -2.45. The van der Waals surface area contributed by atoms with Crippen molar-refractivity contribution in [3.8, 4) is 0 Å². The molecule has 0 spiro atoms. The quantitative estimate of drug-likeness (QED) is 0.420. The molecular weight excluding hydrogens is 344 g/mol. The SMILES string of the molecule is CCCC[Si](OC)(OC)OC.CCC[Si](OCC)(OCC)OCC. The predicted octanol–water partition coefficient (Wildman–Crippen LogP) is 4.11. The van der Waals surface area contributed by atoms with Gasteiger partial charge in [0.15, 0.2) is 0 Å². The molecule has 0 aliphatic rings. The van der Waals surface area contributed by atoms with E-state index < -0.39 is 17.6 Å². The Balaban J connectivity index is 0. The first kappa shape index (κ1) is 26.4. The molecule has 0 rings (SSSR count).